The van der Waals surface area contributed by atoms with Crippen LogP contribution < -0.4 is 14.8 Å². The van der Waals surface area contributed by atoms with Crippen molar-refractivity contribution < 1.29 is 28.6 Å². The maximum absolute atomic E-state index is 13.3. The van der Waals surface area contributed by atoms with Crippen LogP contribution in [0.15, 0.2) is 24.3 Å². The summed E-state index contributed by atoms with van der Waals surface area (Å²) in [6.45, 7) is 8.45. The van der Waals surface area contributed by atoms with Gasteiger partial charge in [0.15, 0.2) is 17.3 Å². The molecule has 1 fully saturated rings. The summed E-state index contributed by atoms with van der Waals surface area (Å²) in [5.41, 5.74) is 1.44. The van der Waals surface area contributed by atoms with Crippen molar-refractivity contribution in [1.82, 2.24) is 14.8 Å². The van der Waals surface area contributed by atoms with Crippen molar-refractivity contribution in [2.45, 2.75) is 39.3 Å². The molecule has 2 aliphatic heterocycles. The number of ketones is 1. The van der Waals surface area contributed by atoms with Crippen LogP contribution in [0.1, 0.15) is 47.2 Å². The zero-order valence-corrected chi connectivity index (χ0v) is 19.6. The number of urea groups is 1. The molecule has 2 atom stereocenters. The predicted octanol–water partition coefficient (Wildman–Crippen LogP) is 2.73. The van der Waals surface area contributed by atoms with Crippen LogP contribution in [0.2, 0.25) is 0 Å². The molecule has 2 unspecified atom stereocenters. The van der Waals surface area contributed by atoms with Gasteiger partial charge in [-0.15, -0.1) is 0 Å². The van der Waals surface area contributed by atoms with Crippen LogP contribution in [0.4, 0.5) is 4.79 Å². The van der Waals surface area contributed by atoms with Gasteiger partial charge in [0.25, 0.3) is 5.91 Å². The predicted molar refractivity (Wildman–Crippen MR) is 120 cm³/mol. The van der Waals surface area contributed by atoms with Gasteiger partial charge in [-0.05, 0) is 51.5 Å². The molecule has 1 aromatic carbocycles. The maximum atomic E-state index is 13.3. The van der Waals surface area contributed by atoms with E-state index in [9.17, 15) is 14.4 Å². The van der Waals surface area contributed by atoms with E-state index < -0.39 is 17.5 Å². The summed E-state index contributed by atoms with van der Waals surface area (Å²) in [6.07, 6.45) is 0. The number of ether oxygens (including phenoxy) is 3. The molecule has 9 heteroatoms. The van der Waals surface area contributed by atoms with Crippen molar-refractivity contribution >= 4 is 17.7 Å². The lowest BCUT2D eigenvalue weighted by Gasteiger charge is -2.25. The van der Waals surface area contributed by atoms with Gasteiger partial charge < -0.3 is 24.1 Å². The maximum Gasteiger partial charge on any atom is 0.325 e. The number of rotatable bonds is 7. The first-order chi connectivity index (χ1) is 15.7. The number of aromatic nitrogens is 1. The van der Waals surface area contributed by atoms with Crippen LogP contribution in [0.3, 0.4) is 0 Å². The lowest BCUT2D eigenvalue weighted by atomic mass is 9.91. The van der Waals surface area contributed by atoms with Crippen LogP contribution in [-0.2, 0) is 15.1 Å². The average molecular weight is 456 g/mol. The van der Waals surface area contributed by atoms with Gasteiger partial charge in [0.1, 0.15) is 18.8 Å². The first kappa shape index (κ1) is 22.8. The van der Waals surface area contributed by atoms with Crippen molar-refractivity contribution in [3.63, 3.8) is 0 Å². The molecule has 3 heterocycles. The smallest absolute Gasteiger partial charge is 0.325 e. The fourth-order valence-electron chi connectivity index (χ4n) is 4.67. The molecular formula is C24H29N3O6. The second-order valence-electron chi connectivity index (χ2n) is 8.69. The molecule has 176 valence electrons. The second kappa shape index (κ2) is 8.55. The Balaban J connectivity index is 1.57. The third-order valence-corrected chi connectivity index (χ3v) is 6.33. The van der Waals surface area contributed by atoms with Crippen LogP contribution in [0.25, 0.3) is 0 Å². The van der Waals surface area contributed by atoms with E-state index in [0.29, 0.717) is 42.4 Å². The van der Waals surface area contributed by atoms with E-state index in [4.69, 9.17) is 14.2 Å². The molecule has 1 aromatic heterocycles. The van der Waals surface area contributed by atoms with Crippen LogP contribution in [0.5, 0.6) is 11.5 Å². The number of imide groups is 1. The summed E-state index contributed by atoms with van der Waals surface area (Å²) < 4.78 is 18.4. The number of amides is 3. The Kier molecular flexibility index (Phi) is 5.92. The molecule has 0 saturated carbocycles. The van der Waals surface area contributed by atoms with Crippen molar-refractivity contribution in [2.75, 3.05) is 33.5 Å². The number of carbonyl (C=O) groups excluding carboxylic acids is 3. The number of aryl methyl sites for hydroxylation is 1. The van der Waals surface area contributed by atoms with Gasteiger partial charge in [-0.2, -0.15) is 0 Å². The molecule has 9 nitrogen and oxygen atoms in total. The highest BCUT2D eigenvalue weighted by molar-refractivity contribution is 6.11. The Morgan fingerprint density at radius 3 is 2.58 bits per heavy atom. The van der Waals surface area contributed by atoms with Crippen molar-refractivity contribution in [1.29, 1.82) is 0 Å². The Labute approximate surface area is 192 Å². The standard InChI is InChI=1S/C24H29N3O6/c1-14-10-18(16(3)27(14)15(2)13-31-5)19(28)12-26-22(29)24(4,25-23(26)30)17-6-7-20-21(11-17)33-9-8-32-20/h6-7,10-11,15H,8-9,12-13H2,1-5H3,(H,25,30). The summed E-state index contributed by atoms with van der Waals surface area (Å²) >= 11 is 0. The highest BCUT2D eigenvalue weighted by atomic mass is 16.6. The van der Waals surface area contributed by atoms with Gasteiger partial charge in [0, 0.05) is 24.1 Å². The van der Waals surface area contributed by atoms with E-state index in [1.165, 1.54) is 0 Å². The molecule has 2 aliphatic rings. The van der Waals surface area contributed by atoms with Crippen LogP contribution in [0, 0.1) is 13.8 Å². The molecule has 33 heavy (non-hydrogen) atoms. The third kappa shape index (κ3) is 3.86. The zero-order chi connectivity index (χ0) is 23.9. The fraction of sp³-hybridized carbons (Fsp3) is 0.458. The monoisotopic (exact) mass is 455 g/mol. The van der Waals surface area contributed by atoms with E-state index in [1.54, 1.807) is 38.3 Å². The molecule has 2 aromatic rings. The van der Waals surface area contributed by atoms with E-state index in [0.717, 1.165) is 16.3 Å². The quantitative estimate of drug-likeness (QED) is 0.509. The zero-order valence-electron chi connectivity index (χ0n) is 19.6. The van der Waals surface area contributed by atoms with E-state index in [-0.39, 0.29) is 18.4 Å². The van der Waals surface area contributed by atoms with E-state index in [2.05, 4.69) is 5.32 Å². The van der Waals surface area contributed by atoms with Gasteiger partial charge >= 0.3 is 6.03 Å². The Morgan fingerprint density at radius 1 is 1.18 bits per heavy atom. The topological polar surface area (TPSA) is 99.1 Å². The lowest BCUT2D eigenvalue weighted by Crippen LogP contribution is -2.41. The summed E-state index contributed by atoms with van der Waals surface area (Å²) in [5, 5.41) is 2.74. The first-order valence-corrected chi connectivity index (χ1v) is 10.9. The normalized spacial score (nSPS) is 20.7. The van der Waals surface area contributed by atoms with Gasteiger partial charge in [0.2, 0.25) is 0 Å². The first-order valence-electron chi connectivity index (χ1n) is 10.9. The van der Waals surface area contributed by atoms with Gasteiger partial charge in [-0.25, -0.2) is 4.79 Å². The summed E-state index contributed by atoms with van der Waals surface area (Å²) in [7, 11) is 1.63. The van der Waals surface area contributed by atoms with E-state index >= 15 is 0 Å². The SMILES string of the molecule is COCC(C)n1c(C)cc(C(=O)CN2C(=O)NC(C)(c3ccc4c(c3)OCCO4)C2=O)c1C. The van der Waals surface area contributed by atoms with Crippen molar-refractivity contribution in [3.05, 3.63) is 46.8 Å². The minimum absolute atomic E-state index is 0.0479. The number of nitrogens with one attached hydrogen (secondary N) is 1. The van der Waals surface area contributed by atoms with Gasteiger partial charge in [-0.1, -0.05) is 6.07 Å². The number of benzene rings is 1. The van der Waals surface area contributed by atoms with Gasteiger partial charge in [-0.3, -0.25) is 14.5 Å². The summed E-state index contributed by atoms with van der Waals surface area (Å²) in [6, 6.07) is 6.38. The molecule has 0 aliphatic carbocycles. The molecule has 3 amide bonds. The van der Waals surface area contributed by atoms with Gasteiger partial charge in [0.05, 0.1) is 19.2 Å². The minimum Gasteiger partial charge on any atom is -0.486 e. The number of methoxy groups -OCH3 is 1. The Morgan fingerprint density at radius 2 is 1.88 bits per heavy atom. The Hall–Kier alpha value is -3.33. The highest BCUT2D eigenvalue weighted by Crippen LogP contribution is 2.37. The van der Waals surface area contributed by atoms with Crippen LogP contribution >= 0.6 is 0 Å². The van der Waals surface area contributed by atoms with Crippen molar-refractivity contribution in [3.8, 4) is 11.5 Å². The second-order valence-corrected chi connectivity index (χ2v) is 8.69. The number of hydrogen-bond donors (Lipinski definition) is 1. The molecular weight excluding hydrogens is 426 g/mol. The lowest BCUT2D eigenvalue weighted by molar-refractivity contribution is -0.130. The molecule has 0 spiro atoms. The number of fused-ring (bicyclic) bond motifs is 1. The molecule has 4 rings (SSSR count). The minimum atomic E-state index is -1.31. The summed E-state index contributed by atoms with van der Waals surface area (Å²) in [4.78, 5) is 40.2. The molecule has 1 saturated heterocycles. The number of nitrogens with zero attached hydrogens (tertiary/aromatic N) is 2. The van der Waals surface area contributed by atoms with Crippen LogP contribution in [-0.4, -0.2) is 60.7 Å². The number of Topliss-reactive ketones (excluding diaryl/α,β-unsaturated/α-hetero) is 1. The highest BCUT2D eigenvalue weighted by Gasteiger charge is 2.50. The largest absolute Gasteiger partial charge is 0.486 e. The summed E-state index contributed by atoms with van der Waals surface area (Å²) in [5.74, 6) is 0.331. The van der Waals surface area contributed by atoms with Crippen molar-refractivity contribution in [2.24, 2.45) is 0 Å². The Bertz CT molecular complexity index is 1120. The number of hydrogen-bond acceptors (Lipinski definition) is 6. The van der Waals surface area contributed by atoms with E-state index in [1.807, 2.05) is 25.3 Å². The molecule has 1 N–H and O–H groups in total. The third-order valence-electron chi connectivity index (χ3n) is 6.33. The molecule has 0 bridgehead atoms. The number of carbonyl (C=O) groups is 3. The average Bonchev–Trinajstić information content (AvgIpc) is 3.21. The molecule has 0 radical (unpaired) electrons. The fourth-order valence-corrected chi connectivity index (χ4v) is 4.67.